The average Bonchev–Trinajstić information content (AvgIpc) is 3.35. The average molecular weight is 414 g/mol. The molecule has 3 aliphatic rings. The van der Waals surface area contributed by atoms with Crippen LogP contribution in [0.25, 0.3) is 0 Å². The molecule has 5 heteroatoms. The summed E-state index contributed by atoms with van der Waals surface area (Å²) in [7, 11) is 1.89. The molecule has 1 aromatic heterocycles. The van der Waals surface area contributed by atoms with E-state index in [9.17, 15) is 5.11 Å². The number of hydrogen-bond donors (Lipinski definition) is 1. The lowest BCUT2D eigenvalue weighted by atomic mass is 9.47. The van der Waals surface area contributed by atoms with Crippen molar-refractivity contribution < 1.29 is 9.84 Å². The molecule has 1 N–H and O–H groups in total. The minimum absolute atomic E-state index is 0.0444. The fourth-order valence-corrected chi connectivity index (χ4v) is 7.52. The van der Waals surface area contributed by atoms with Gasteiger partial charge in [-0.05, 0) is 74.0 Å². The number of hydrogen-bond acceptors (Lipinski definition) is 4. The van der Waals surface area contributed by atoms with Crippen molar-refractivity contribution in [2.45, 2.75) is 84.0 Å². The molecule has 1 aromatic rings. The highest BCUT2D eigenvalue weighted by atomic mass is 16.5. The first kappa shape index (κ1) is 21.8. The van der Waals surface area contributed by atoms with E-state index < -0.39 is 0 Å². The molecule has 0 bridgehead atoms. The van der Waals surface area contributed by atoms with Gasteiger partial charge in [-0.1, -0.05) is 32.1 Å². The van der Waals surface area contributed by atoms with Gasteiger partial charge in [0.2, 0.25) is 0 Å². The Morgan fingerprint density at radius 1 is 1.30 bits per heavy atom. The first-order valence-corrected chi connectivity index (χ1v) is 11.7. The van der Waals surface area contributed by atoms with E-state index in [4.69, 9.17) is 4.74 Å². The topological polar surface area (TPSA) is 60.2 Å². The predicted molar refractivity (Wildman–Crippen MR) is 119 cm³/mol. The molecule has 5 nitrogen and oxygen atoms in total. The Balaban J connectivity index is 1.65. The van der Waals surface area contributed by atoms with Crippen molar-refractivity contribution in [3.8, 4) is 0 Å². The van der Waals surface area contributed by atoms with Crippen LogP contribution in [0.4, 0.5) is 0 Å². The summed E-state index contributed by atoms with van der Waals surface area (Å²) in [6.07, 6.45) is 13.8. The third-order valence-corrected chi connectivity index (χ3v) is 9.62. The molecule has 3 aliphatic carbocycles. The Hall–Kier alpha value is -1.46. The van der Waals surface area contributed by atoms with E-state index in [1.807, 2.05) is 11.8 Å². The molecule has 0 radical (unpaired) electrons. The number of fused-ring (bicyclic) bond motifs is 1. The zero-order valence-electron chi connectivity index (χ0n) is 19.0. The number of aliphatic hydroxyl groups is 1. The summed E-state index contributed by atoms with van der Waals surface area (Å²) in [5.41, 5.74) is 1.53. The second-order valence-electron chi connectivity index (χ2n) is 10.6. The van der Waals surface area contributed by atoms with Crippen molar-refractivity contribution in [1.82, 2.24) is 14.8 Å². The number of aliphatic hydroxyl groups excluding tert-OH is 1. The zero-order chi connectivity index (χ0) is 21.6. The second-order valence-corrected chi connectivity index (χ2v) is 10.6. The van der Waals surface area contributed by atoms with E-state index in [1.54, 1.807) is 12.7 Å². The molecule has 0 unspecified atom stereocenters. The number of rotatable bonds is 6. The number of ether oxygens (including phenoxy) is 1. The third kappa shape index (κ3) is 3.12. The van der Waals surface area contributed by atoms with Crippen molar-refractivity contribution in [1.29, 1.82) is 0 Å². The molecule has 30 heavy (non-hydrogen) atoms. The standard InChI is InChI=1S/C25H39N3O2/c1-6-25-13-7-18(2)24(25,4)12-9-21(22(25)30-5)23(3)11-8-20(29)15-19(23)10-14-28-17-26-16-27-28/h6,16-17,19-22,29H,1-2,7-15H2,3-5H3/t19-,20-,21-,22+,23-,24+,25-/m0/s1. The van der Waals surface area contributed by atoms with Crippen LogP contribution in [0.2, 0.25) is 0 Å². The highest BCUT2D eigenvalue weighted by molar-refractivity contribution is 5.31. The number of aromatic nitrogens is 3. The maximum absolute atomic E-state index is 10.5. The minimum Gasteiger partial charge on any atom is -0.393 e. The van der Waals surface area contributed by atoms with Crippen LogP contribution in [-0.4, -0.2) is 39.2 Å². The van der Waals surface area contributed by atoms with Gasteiger partial charge in [-0.2, -0.15) is 5.10 Å². The maximum atomic E-state index is 10.5. The van der Waals surface area contributed by atoms with E-state index in [2.05, 4.69) is 43.2 Å². The summed E-state index contributed by atoms with van der Waals surface area (Å²) in [5.74, 6) is 0.886. The van der Waals surface area contributed by atoms with Crippen LogP contribution in [0.15, 0.2) is 37.5 Å². The van der Waals surface area contributed by atoms with Gasteiger partial charge in [0.15, 0.2) is 0 Å². The summed E-state index contributed by atoms with van der Waals surface area (Å²) in [4.78, 5) is 4.09. The highest BCUT2D eigenvalue weighted by Gasteiger charge is 2.63. The molecule has 0 aromatic carbocycles. The fraction of sp³-hybridized carbons (Fsp3) is 0.760. The van der Waals surface area contributed by atoms with Crippen molar-refractivity contribution in [2.24, 2.45) is 28.1 Å². The van der Waals surface area contributed by atoms with E-state index in [0.29, 0.717) is 11.8 Å². The molecule has 4 rings (SSSR count). The van der Waals surface area contributed by atoms with Gasteiger partial charge < -0.3 is 9.84 Å². The van der Waals surface area contributed by atoms with Crippen molar-refractivity contribution >= 4 is 0 Å². The molecule has 0 aliphatic heterocycles. The molecule has 7 atom stereocenters. The second kappa shape index (κ2) is 7.90. The van der Waals surface area contributed by atoms with Crippen LogP contribution < -0.4 is 0 Å². The van der Waals surface area contributed by atoms with Gasteiger partial charge in [-0.25, -0.2) is 4.98 Å². The van der Waals surface area contributed by atoms with E-state index in [0.717, 1.165) is 57.9 Å². The third-order valence-electron chi connectivity index (χ3n) is 9.62. The quantitative estimate of drug-likeness (QED) is 0.681. The molecule has 0 amide bonds. The minimum atomic E-state index is -0.201. The lowest BCUT2D eigenvalue weighted by Gasteiger charge is -2.60. The number of aryl methyl sites for hydroxylation is 1. The summed E-state index contributed by atoms with van der Waals surface area (Å²) >= 11 is 0. The van der Waals surface area contributed by atoms with E-state index in [1.165, 1.54) is 5.57 Å². The molecule has 3 saturated carbocycles. The Bertz CT molecular complexity index is 777. The Morgan fingerprint density at radius 2 is 2.10 bits per heavy atom. The van der Waals surface area contributed by atoms with Crippen LogP contribution in [-0.2, 0) is 11.3 Å². The van der Waals surface area contributed by atoms with Gasteiger partial charge in [-0.15, -0.1) is 6.58 Å². The normalized spacial score (nSPS) is 44.1. The lowest BCUT2D eigenvalue weighted by molar-refractivity contribution is -0.160. The lowest BCUT2D eigenvalue weighted by Crippen LogP contribution is -2.58. The summed E-state index contributed by atoms with van der Waals surface area (Å²) in [5, 5.41) is 14.8. The molecule has 166 valence electrons. The van der Waals surface area contributed by atoms with E-state index in [-0.39, 0.29) is 28.5 Å². The number of nitrogens with zero attached hydrogens (tertiary/aromatic N) is 3. The van der Waals surface area contributed by atoms with Gasteiger partial charge in [-0.3, -0.25) is 4.68 Å². The summed E-state index contributed by atoms with van der Waals surface area (Å²) in [6, 6.07) is 0. The van der Waals surface area contributed by atoms with Gasteiger partial charge in [0.05, 0.1) is 12.2 Å². The number of methoxy groups -OCH3 is 1. The van der Waals surface area contributed by atoms with Crippen molar-refractivity contribution in [3.05, 3.63) is 37.5 Å². The van der Waals surface area contributed by atoms with Crippen molar-refractivity contribution in [2.75, 3.05) is 7.11 Å². The van der Waals surface area contributed by atoms with Gasteiger partial charge in [0, 0.05) is 19.1 Å². The Morgan fingerprint density at radius 3 is 2.77 bits per heavy atom. The first-order chi connectivity index (χ1) is 14.3. The fourth-order valence-electron chi connectivity index (χ4n) is 7.52. The number of allylic oxidation sites excluding steroid dienone is 1. The zero-order valence-corrected chi connectivity index (χ0v) is 19.0. The van der Waals surface area contributed by atoms with Gasteiger partial charge in [0.1, 0.15) is 12.7 Å². The van der Waals surface area contributed by atoms with Crippen LogP contribution in [0.3, 0.4) is 0 Å². The van der Waals surface area contributed by atoms with E-state index >= 15 is 0 Å². The molecule has 0 saturated heterocycles. The molecule has 1 heterocycles. The first-order valence-electron chi connectivity index (χ1n) is 11.7. The van der Waals surface area contributed by atoms with Gasteiger partial charge in [0.25, 0.3) is 0 Å². The van der Waals surface area contributed by atoms with Crippen LogP contribution in [0, 0.1) is 28.1 Å². The van der Waals surface area contributed by atoms with Gasteiger partial charge >= 0.3 is 0 Å². The van der Waals surface area contributed by atoms with Crippen molar-refractivity contribution in [3.63, 3.8) is 0 Å². The van der Waals surface area contributed by atoms with Crippen LogP contribution in [0.5, 0.6) is 0 Å². The van der Waals surface area contributed by atoms with Crippen LogP contribution in [0.1, 0.15) is 65.2 Å². The Labute approximate surface area is 181 Å². The molecular weight excluding hydrogens is 374 g/mol. The maximum Gasteiger partial charge on any atom is 0.137 e. The smallest absolute Gasteiger partial charge is 0.137 e. The monoisotopic (exact) mass is 413 g/mol. The summed E-state index contributed by atoms with van der Waals surface area (Å²) in [6.45, 7) is 14.5. The largest absolute Gasteiger partial charge is 0.393 e. The SMILES string of the molecule is C=C[C@@]12CCC(=C)[C@@]1(C)CC[C@H]([C@@]1(C)CC[C@H](O)C[C@@H]1CCn1cncn1)[C@H]2OC. The molecule has 0 spiro atoms. The predicted octanol–water partition coefficient (Wildman–Crippen LogP) is 4.79. The summed E-state index contributed by atoms with van der Waals surface area (Å²) < 4.78 is 8.28. The molecule has 3 fully saturated rings. The Kier molecular flexibility index (Phi) is 5.73. The molecular formula is C25H39N3O2. The highest BCUT2D eigenvalue weighted by Crippen LogP contribution is 2.68. The van der Waals surface area contributed by atoms with Crippen LogP contribution >= 0.6 is 0 Å².